The van der Waals surface area contributed by atoms with Gasteiger partial charge in [-0.05, 0) is 25.5 Å². The first-order valence-electron chi connectivity index (χ1n) is 8.38. The number of aromatic nitrogens is 4. The van der Waals surface area contributed by atoms with E-state index in [2.05, 4.69) is 15.5 Å². The largest absolute Gasteiger partial charge is 0.419 e. The maximum Gasteiger partial charge on any atom is 0.419 e. The van der Waals surface area contributed by atoms with E-state index in [0.29, 0.717) is 24.2 Å². The van der Waals surface area contributed by atoms with Crippen molar-refractivity contribution in [1.29, 1.82) is 0 Å². The van der Waals surface area contributed by atoms with Crippen molar-refractivity contribution >= 4 is 17.0 Å². The van der Waals surface area contributed by atoms with Crippen LogP contribution in [0.25, 0.3) is 11.1 Å². The summed E-state index contributed by atoms with van der Waals surface area (Å²) in [6, 6.07) is 7.28. The summed E-state index contributed by atoms with van der Waals surface area (Å²) in [5.74, 6) is 1.33. The van der Waals surface area contributed by atoms with Crippen LogP contribution in [0, 0.1) is 6.92 Å². The Kier molecular flexibility index (Phi) is 3.87. The van der Waals surface area contributed by atoms with Crippen molar-refractivity contribution in [2.75, 3.05) is 0 Å². The average Bonchev–Trinajstić information content (AvgIpc) is 3.13. The number of nitrogens with zero attached hydrogens (tertiary/aromatic N) is 4. The molecule has 2 aromatic heterocycles. The molecule has 0 fully saturated rings. The Balaban J connectivity index is 1.39. The summed E-state index contributed by atoms with van der Waals surface area (Å²) < 4.78 is 8.73. The number of carbonyl (C=O) groups is 1. The van der Waals surface area contributed by atoms with Gasteiger partial charge in [-0.25, -0.2) is 4.79 Å². The molecule has 8 nitrogen and oxygen atoms in total. The average molecular weight is 341 g/mol. The highest BCUT2D eigenvalue weighted by Gasteiger charge is 2.22. The smallest absolute Gasteiger partial charge is 0.408 e. The topological polar surface area (TPSA) is 95.0 Å². The minimum absolute atomic E-state index is 0.0625. The normalized spacial score (nSPS) is 16.8. The third kappa shape index (κ3) is 2.95. The highest BCUT2D eigenvalue weighted by atomic mass is 16.4. The van der Waals surface area contributed by atoms with Crippen LogP contribution in [0.4, 0.5) is 0 Å². The molecule has 1 atom stereocenters. The molecule has 0 spiro atoms. The maximum atomic E-state index is 12.3. The van der Waals surface area contributed by atoms with Crippen LogP contribution in [0.1, 0.15) is 24.5 Å². The van der Waals surface area contributed by atoms with E-state index in [1.54, 1.807) is 6.07 Å². The fraction of sp³-hybridized carbons (Fsp3) is 0.412. The quantitative estimate of drug-likeness (QED) is 0.764. The second-order valence-corrected chi connectivity index (χ2v) is 6.31. The zero-order valence-corrected chi connectivity index (χ0v) is 13.9. The van der Waals surface area contributed by atoms with Gasteiger partial charge < -0.3 is 14.3 Å². The number of benzene rings is 1. The summed E-state index contributed by atoms with van der Waals surface area (Å²) in [5, 5.41) is 11.2. The van der Waals surface area contributed by atoms with Crippen molar-refractivity contribution in [3.05, 3.63) is 46.5 Å². The second kappa shape index (κ2) is 6.19. The lowest BCUT2D eigenvalue weighted by molar-refractivity contribution is -0.122. The van der Waals surface area contributed by atoms with Gasteiger partial charge in [0.15, 0.2) is 5.58 Å². The molecule has 1 aliphatic rings. The van der Waals surface area contributed by atoms with Crippen molar-refractivity contribution in [3.8, 4) is 0 Å². The maximum absolute atomic E-state index is 12.3. The van der Waals surface area contributed by atoms with Gasteiger partial charge in [0.1, 0.15) is 11.6 Å². The number of rotatable bonds is 4. The van der Waals surface area contributed by atoms with Crippen molar-refractivity contribution in [3.63, 3.8) is 0 Å². The summed E-state index contributed by atoms with van der Waals surface area (Å²) in [6.07, 6.45) is 1.88. The molecule has 0 radical (unpaired) electrons. The number of carbonyl (C=O) groups excluding carboxylic acids is 1. The van der Waals surface area contributed by atoms with Crippen molar-refractivity contribution in [2.45, 2.75) is 45.3 Å². The van der Waals surface area contributed by atoms with E-state index in [1.165, 1.54) is 4.57 Å². The first-order valence-corrected chi connectivity index (χ1v) is 8.38. The van der Waals surface area contributed by atoms with Crippen LogP contribution in [-0.4, -0.2) is 31.3 Å². The van der Waals surface area contributed by atoms with Crippen molar-refractivity contribution < 1.29 is 9.21 Å². The molecule has 3 heterocycles. The lowest BCUT2D eigenvalue weighted by Gasteiger charge is -2.24. The van der Waals surface area contributed by atoms with Gasteiger partial charge in [-0.1, -0.05) is 12.1 Å². The molecule has 0 aliphatic carbocycles. The lowest BCUT2D eigenvalue weighted by atomic mass is 10.1. The van der Waals surface area contributed by atoms with Crippen LogP contribution in [0.2, 0.25) is 0 Å². The Bertz CT molecular complexity index is 984. The molecular weight excluding hydrogens is 322 g/mol. The monoisotopic (exact) mass is 341 g/mol. The molecule has 1 N–H and O–H groups in total. The van der Waals surface area contributed by atoms with E-state index in [4.69, 9.17) is 4.42 Å². The Hall–Kier alpha value is -2.90. The number of oxazole rings is 1. The predicted octanol–water partition coefficient (Wildman–Crippen LogP) is 1.02. The molecule has 130 valence electrons. The van der Waals surface area contributed by atoms with Crippen molar-refractivity contribution in [1.82, 2.24) is 24.6 Å². The molecule has 0 saturated carbocycles. The lowest BCUT2D eigenvalue weighted by Crippen LogP contribution is -2.41. The molecule has 3 aromatic rings. The van der Waals surface area contributed by atoms with Crippen LogP contribution < -0.4 is 11.1 Å². The molecule has 0 bridgehead atoms. The number of fused-ring (bicyclic) bond motifs is 2. The Morgan fingerprint density at radius 3 is 3.08 bits per heavy atom. The van der Waals surface area contributed by atoms with Crippen LogP contribution >= 0.6 is 0 Å². The molecule has 1 aromatic carbocycles. The van der Waals surface area contributed by atoms with Gasteiger partial charge in [0.05, 0.1) is 5.52 Å². The third-order valence-corrected chi connectivity index (χ3v) is 4.63. The number of amides is 1. The molecule has 1 amide bonds. The van der Waals surface area contributed by atoms with Crippen LogP contribution in [0.5, 0.6) is 0 Å². The number of hydrogen-bond acceptors (Lipinski definition) is 5. The van der Waals surface area contributed by atoms with E-state index in [9.17, 15) is 9.59 Å². The van der Waals surface area contributed by atoms with Gasteiger partial charge >= 0.3 is 5.76 Å². The molecule has 0 unspecified atom stereocenters. The predicted molar refractivity (Wildman–Crippen MR) is 90.1 cm³/mol. The summed E-state index contributed by atoms with van der Waals surface area (Å²) in [5.41, 5.74) is 1.25. The highest BCUT2D eigenvalue weighted by Crippen LogP contribution is 2.15. The van der Waals surface area contributed by atoms with E-state index >= 15 is 0 Å². The van der Waals surface area contributed by atoms with Gasteiger partial charge in [0, 0.05) is 32.0 Å². The molecule has 0 saturated heterocycles. The molecular formula is C17H19N5O3. The summed E-state index contributed by atoms with van der Waals surface area (Å²) in [7, 11) is 0. The molecule has 8 heteroatoms. The summed E-state index contributed by atoms with van der Waals surface area (Å²) in [6.45, 7) is 2.90. The zero-order valence-electron chi connectivity index (χ0n) is 13.9. The minimum Gasteiger partial charge on any atom is -0.408 e. The number of nitrogens with one attached hydrogen (secondary N) is 1. The Labute approximate surface area is 143 Å². The number of hydrogen-bond donors (Lipinski definition) is 1. The van der Waals surface area contributed by atoms with E-state index in [-0.39, 0.29) is 18.4 Å². The number of aryl methyl sites for hydroxylation is 3. The standard InChI is InChI=1S/C17H19N5O3/c1-11-19-20-15-7-6-12(10-22(11)15)18-16(23)8-9-21-13-4-2-3-5-14(13)25-17(21)24/h2-5,12H,6-10H2,1H3,(H,18,23)/t12-/m0/s1. The first kappa shape index (κ1) is 15.6. The highest BCUT2D eigenvalue weighted by molar-refractivity contribution is 5.77. The number of para-hydroxylation sites is 2. The van der Waals surface area contributed by atoms with Gasteiger partial charge in [-0.2, -0.15) is 0 Å². The molecule has 25 heavy (non-hydrogen) atoms. The van der Waals surface area contributed by atoms with Gasteiger partial charge in [0.25, 0.3) is 0 Å². The van der Waals surface area contributed by atoms with Crippen LogP contribution in [0.15, 0.2) is 33.5 Å². The van der Waals surface area contributed by atoms with Gasteiger partial charge in [-0.15, -0.1) is 10.2 Å². The third-order valence-electron chi connectivity index (χ3n) is 4.63. The Morgan fingerprint density at radius 2 is 2.20 bits per heavy atom. The van der Waals surface area contributed by atoms with Gasteiger partial charge in [-0.3, -0.25) is 9.36 Å². The van der Waals surface area contributed by atoms with E-state index in [1.807, 2.05) is 29.7 Å². The Morgan fingerprint density at radius 1 is 1.36 bits per heavy atom. The summed E-state index contributed by atoms with van der Waals surface area (Å²) in [4.78, 5) is 24.2. The van der Waals surface area contributed by atoms with Crippen molar-refractivity contribution in [2.24, 2.45) is 0 Å². The SMILES string of the molecule is Cc1nnc2n1C[C@@H](NC(=O)CCn1c(=O)oc3ccccc31)CC2. The zero-order chi connectivity index (χ0) is 17.4. The van der Waals surface area contributed by atoms with E-state index in [0.717, 1.165) is 24.5 Å². The van der Waals surface area contributed by atoms with Gasteiger partial charge in [0.2, 0.25) is 5.91 Å². The fourth-order valence-electron chi connectivity index (χ4n) is 3.32. The second-order valence-electron chi connectivity index (χ2n) is 6.31. The molecule has 1 aliphatic heterocycles. The minimum atomic E-state index is -0.434. The summed E-state index contributed by atoms with van der Waals surface area (Å²) >= 11 is 0. The van der Waals surface area contributed by atoms with Crippen LogP contribution in [0.3, 0.4) is 0 Å². The first-order chi connectivity index (χ1) is 12.1. The van der Waals surface area contributed by atoms with Crippen LogP contribution in [-0.2, 0) is 24.3 Å². The fourth-order valence-corrected chi connectivity index (χ4v) is 3.32. The molecule has 4 rings (SSSR count). The van der Waals surface area contributed by atoms with E-state index < -0.39 is 5.76 Å².